The van der Waals surface area contributed by atoms with E-state index in [1.54, 1.807) is 0 Å². The first-order chi connectivity index (χ1) is 8.22. The first kappa shape index (κ1) is 11.8. The number of aromatic nitrogens is 1. The van der Waals surface area contributed by atoms with Crippen LogP contribution in [0.2, 0.25) is 0 Å². The van der Waals surface area contributed by atoms with Crippen molar-refractivity contribution in [1.29, 1.82) is 0 Å². The van der Waals surface area contributed by atoms with Crippen molar-refractivity contribution in [3.63, 3.8) is 0 Å². The topological polar surface area (TPSA) is 24.9 Å². The SMILES string of the molecule is CNC(C=C(C)C)c1cccc2cccnc12. The Bertz CT molecular complexity index is 534. The lowest BCUT2D eigenvalue weighted by molar-refractivity contribution is 0.713. The molecule has 0 aliphatic carbocycles. The summed E-state index contributed by atoms with van der Waals surface area (Å²) in [5, 5.41) is 4.51. The summed E-state index contributed by atoms with van der Waals surface area (Å²) in [5.74, 6) is 0. The number of hydrogen-bond acceptors (Lipinski definition) is 2. The number of likely N-dealkylation sites (N-methyl/N-ethyl adjacent to an activating group) is 1. The molecule has 2 rings (SSSR count). The predicted octanol–water partition coefficient (Wildman–Crippen LogP) is 3.46. The Morgan fingerprint density at radius 1 is 1.24 bits per heavy atom. The summed E-state index contributed by atoms with van der Waals surface area (Å²) >= 11 is 0. The van der Waals surface area contributed by atoms with Gasteiger partial charge in [0.2, 0.25) is 0 Å². The fourth-order valence-electron chi connectivity index (χ4n) is 2.04. The van der Waals surface area contributed by atoms with E-state index in [1.807, 2.05) is 19.3 Å². The number of rotatable bonds is 3. The lowest BCUT2D eigenvalue weighted by Gasteiger charge is -2.15. The standard InChI is InChI=1S/C15H18N2/c1-11(2)10-14(16-3)13-8-4-6-12-7-5-9-17-15(12)13/h4-10,14,16H,1-3H3. The quantitative estimate of drug-likeness (QED) is 0.811. The molecule has 1 aromatic heterocycles. The van der Waals surface area contributed by atoms with Crippen molar-refractivity contribution in [2.75, 3.05) is 7.05 Å². The van der Waals surface area contributed by atoms with Crippen molar-refractivity contribution < 1.29 is 0 Å². The monoisotopic (exact) mass is 226 g/mol. The molecule has 1 unspecified atom stereocenters. The zero-order valence-electron chi connectivity index (χ0n) is 10.6. The van der Waals surface area contributed by atoms with Crippen molar-refractivity contribution in [1.82, 2.24) is 10.3 Å². The molecule has 0 saturated heterocycles. The first-order valence-electron chi connectivity index (χ1n) is 5.88. The summed E-state index contributed by atoms with van der Waals surface area (Å²) in [6.07, 6.45) is 4.07. The van der Waals surface area contributed by atoms with E-state index < -0.39 is 0 Å². The Labute approximate surface area is 102 Å². The number of allylic oxidation sites excluding steroid dienone is 1. The van der Waals surface area contributed by atoms with Crippen LogP contribution in [0.15, 0.2) is 48.2 Å². The molecule has 1 atom stereocenters. The van der Waals surface area contributed by atoms with Gasteiger partial charge in [-0.15, -0.1) is 0 Å². The summed E-state index contributed by atoms with van der Waals surface area (Å²) < 4.78 is 0. The molecular weight excluding hydrogens is 208 g/mol. The van der Waals surface area contributed by atoms with E-state index in [1.165, 1.54) is 16.5 Å². The van der Waals surface area contributed by atoms with Crippen LogP contribution in [0.3, 0.4) is 0 Å². The highest BCUT2D eigenvalue weighted by Gasteiger charge is 2.10. The average molecular weight is 226 g/mol. The van der Waals surface area contributed by atoms with Gasteiger partial charge in [0.05, 0.1) is 11.6 Å². The Kier molecular flexibility index (Phi) is 3.55. The Morgan fingerprint density at radius 2 is 2.00 bits per heavy atom. The molecule has 0 aliphatic rings. The van der Waals surface area contributed by atoms with Gasteiger partial charge in [0.15, 0.2) is 0 Å². The summed E-state index contributed by atoms with van der Waals surface area (Å²) in [4.78, 5) is 4.49. The highest BCUT2D eigenvalue weighted by Crippen LogP contribution is 2.23. The normalized spacial score (nSPS) is 12.4. The van der Waals surface area contributed by atoms with Crippen LogP contribution in [0, 0.1) is 0 Å². The smallest absolute Gasteiger partial charge is 0.0752 e. The summed E-state index contributed by atoms with van der Waals surface area (Å²) in [6, 6.07) is 10.6. The Morgan fingerprint density at radius 3 is 2.71 bits per heavy atom. The molecule has 0 radical (unpaired) electrons. The number of benzene rings is 1. The van der Waals surface area contributed by atoms with E-state index in [-0.39, 0.29) is 6.04 Å². The summed E-state index contributed by atoms with van der Waals surface area (Å²) in [6.45, 7) is 4.23. The van der Waals surface area contributed by atoms with Crippen molar-refractivity contribution in [2.24, 2.45) is 0 Å². The molecule has 2 nitrogen and oxygen atoms in total. The highest BCUT2D eigenvalue weighted by molar-refractivity contribution is 5.82. The Balaban J connectivity index is 2.57. The maximum atomic E-state index is 4.49. The molecule has 0 amide bonds. The number of hydrogen-bond donors (Lipinski definition) is 1. The van der Waals surface area contributed by atoms with Crippen molar-refractivity contribution in [3.05, 3.63) is 53.7 Å². The number of fused-ring (bicyclic) bond motifs is 1. The first-order valence-corrected chi connectivity index (χ1v) is 5.88. The van der Waals surface area contributed by atoms with Gasteiger partial charge >= 0.3 is 0 Å². The van der Waals surface area contributed by atoms with Gasteiger partial charge in [0.25, 0.3) is 0 Å². The van der Waals surface area contributed by atoms with E-state index in [0.717, 1.165) is 5.52 Å². The van der Waals surface area contributed by atoms with E-state index >= 15 is 0 Å². The number of nitrogens with zero attached hydrogens (tertiary/aromatic N) is 1. The molecule has 17 heavy (non-hydrogen) atoms. The summed E-state index contributed by atoms with van der Waals surface area (Å²) in [5.41, 5.74) is 3.61. The molecule has 0 saturated carbocycles. The van der Waals surface area contributed by atoms with Crippen molar-refractivity contribution >= 4 is 10.9 Å². The van der Waals surface area contributed by atoms with Gasteiger partial charge in [-0.3, -0.25) is 4.98 Å². The molecule has 88 valence electrons. The van der Waals surface area contributed by atoms with Crippen molar-refractivity contribution in [3.8, 4) is 0 Å². The maximum absolute atomic E-state index is 4.49. The third-order valence-electron chi connectivity index (χ3n) is 2.81. The predicted molar refractivity (Wildman–Crippen MR) is 73.0 cm³/mol. The molecule has 0 bridgehead atoms. The minimum absolute atomic E-state index is 0.221. The van der Waals surface area contributed by atoms with Crippen LogP contribution in [-0.4, -0.2) is 12.0 Å². The van der Waals surface area contributed by atoms with Crippen LogP contribution < -0.4 is 5.32 Å². The largest absolute Gasteiger partial charge is 0.310 e. The zero-order chi connectivity index (χ0) is 12.3. The number of nitrogens with one attached hydrogen (secondary N) is 1. The molecule has 0 fully saturated rings. The zero-order valence-corrected chi connectivity index (χ0v) is 10.6. The van der Waals surface area contributed by atoms with Crippen LogP contribution in [0.4, 0.5) is 0 Å². The second kappa shape index (κ2) is 5.11. The van der Waals surface area contributed by atoms with E-state index in [2.05, 4.69) is 54.5 Å². The third-order valence-corrected chi connectivity index (χ3v) is 2.81. The van der Waals surface area contributed by atoms with Crippen LogP contribution in [-0.2, 0) is 0 Å². The second-order valence-electron chi connectivity index (χ2n) is 4.43. The van der Waals surface area contributed by atoms with E-state index in [0.29, 0.717) is 0 Å². The molecule has 0 spiro atoms. The Hall–Kier alpha value is -1.67. The average Bonchev–Trinajstić information content (AvgIpc) is 2.35. The molecule has 2 aromatic rings. The molecule has 1 N–H and O–H groups in total. The minimum Gasteiger partial charge on any atom is -0.310 e. The molecule has 2 heteroatoms. The summed E-state index contributed by atoms with van der Waals surface area (Å²) in [7, 11) is 1.98. The lowest BCUT2D eigenvalue weighted by Crippen LogP contribution is -2.14. The van der Waals surface area contributed by atoms with Crippen LogP contribution >= 0.6 is 0 Å². The fourth-order valence-corrected chi connectivity index (χ4v) is 2.04. The molecule has 0 aliphatic heterocycles. The van der Waals surface area contributed by atoms with Crippen LogP contribution in [0.25, 0.3) is 10.9 Å². The van der Waals surface area contributed by atoms with E-state index in [4.69, 9.17) is 0 Å². The van der Waals surface area contributed by atoms with Gasteiger partial charge < -0.3 is 5.32 Å². The van der Waals surface area contributed by atoms with Crippen molar-refractivity contribution in [2.45, 2.75) is 19.9 Å². The van der Waals surface area contributed by atoms with Gasteiger partial charge in [-0.2, -0.15) is 0 Å². The second-order valence-corrected chi connectivity index (χ2v) is 4.43. The van der Waals surface area contributed by atoms with Gasteiger partial charge in [0, 0.05) is 11.6 Å². The van der Waals surface area contributed by atoms with E-state index in [9.17, 15) is 0 Å². The maximum Gasteiger partial charge on any atom is 0.0752 e. The molecule has 1 aromatic carbocycles. The third kappa shape index (κ3) is 2.53. The van der Waals surface area contributed by atoms with Gasteiger partial charge in [-0.25, -0.2) is 0 Å². The number of para-hydroxylation sites is 1. The van der Waals surface area contributed by atoms with Gasteiger partial charge in [-0.05, 0) is 32.5 Å². The lowest BCUT2D eigenvalue weighted by atomic mass is 10.0. The van der Waals surface area contributed by atoms with Gasteiger partial charge in [-0.1, -0.05) is 35.9 Å². The number of pyridine rings is 1. The molecular formula is C15H18N2. The fraction of sp³-hybridized carbons (Fsp3) is 0.267. The van der Waals surface area contributed by atoms with Crippen LogP contribution in [0.5, 0.6) is 0 Å². The minimum atomic E-state index is 0.221. The van der Waals surface area contributed by atoms with Gasteiger partial charge in [0.1, 0.15) is 0 Å². The highest BCUT2D eigenvalue weighted by atomic mass is 14.9. The molecule has 1 heterocycles. The van der Waals surface area contributed by atoms with Crippen LogP contribution in [0.1, 0.15) is 25.5 Å².